The van der Waals surface area contributed by atoms with Gasteiger partial charge in [0.05, 0.1) is 0 Å². The van der Waals surface area contributed by atoms with Gasteiger partial charge in [0.15, 0.2) is 0 Å². The molecule has 0 aliphatic heterocycles. The minimum Gasteiger partial charge on any atom is -0.316 e. The molecule has 1 nitrogen and oxygen atoms in total. The third-order valence-corrected chi connectivity index (χ3v) is 3.96. The highest BCUT2D eigenvalue weighted by Crippen LogP contribution is 2.17. The van der Waals surface area contributed by atoms with Crippen molar-refractivity contribution in [1.82, 2.24) is 5.32 Å². The molecule has 0 fully saturated rings. The second-order valence-corrected chi connectivity index (χ2v) is 5.39. The smallest absolute Gasteiger partial charge is 0.0130 e. The lowest BCUT2D eigenvalue weighted by Gasteiger charge is -2.23. The van der Waals surface area contributed by atoms with E-state index in [4.69, 9.17) is 0 Å². The second kappa shape index (κ2) is 8.31. The molecule has 1 rings (SSSR count). The summed E-state index contributed by atoms with van der Waals surface area (Å²) in [5.74, 6) is 0.751. The summed E-state index contributed by atoms with van der Waals surface area (Å²) in [5, 5.41) is 3.49. The van der Waals surface area contributed by atoms with Crippen LogP contribution in [0, 0.1) is 5.92 Å². The normalized spacial score (nSPS) is 14.4. The van der Waals surface area contributed by atoms with Crippen LogP contribution < -0.4 is 5.32 Å². The molecular formula is C17H29N. The van der Waals surface area contributed by atoms with E-state index in [-0.39, 0.29) is 0 Å². The Morgan fingerprint density at radius 3 is 2.17 bits per heavy atom. The molecule has 0 aromatic heterocycles. The first-order valence-corrected chi connectivity index (χ1v) is 7.46. The Balaban J connectivity index is 2.55. The average Bonchev–Trinajstić information content (AvgIpc) is 2.42. The zero-order chi connectivity index (χ0) is 13.4. The van der Waals surface area contributed by atoms with E-state index >= 15 is 0 Å². The minimum atomic E-state index is 0.601. The van der Waals surface area contributed by atoms with Crippen LogP contribution in [-0.2, 0) is 12.8 Å². The lowest BCUT2D eigenvalue weighted by atomic mass is 9.91. The molecule has 1 aromatic rings. The zero-order valence-electron chi connectivity index (χ0n) is 12.5. The van der Waals surface area contributed by atoms with E-state index in [9.17, 15) is 0 Å². The Morgan fingerprint density at radius 2 is 1.67 bits per heavy atom. The highest BCUT2D eigenvalue weighted by Gasteiger charge is 2.15. The maximum Gasteiger partial charge on any atom is 0.0130 e. The van der Waals surface area contributed by atoms with Gasteiger partial charge in [-0.25, -0.2) is 0 Å². The SMILES string of the molecule is CCCCC(C)C(Cc1ccc(CC)cc1)NC. The van der Waals surface area contributed by atoms with E-state index in [2.05, 4.69) is 57.4 Å². The molecule has 0 aliphatic carbocycles. The van der Waals surface area contributed by atoms with Crippen molar-refractivity contribution in [3.8, 4) is 0 Å². The first-order chi connectivity index (χ1) is 8.71. The summed E-state index contributed by atoms with van der Waals surface area (Å²) in [5.41, 5.74) is 2.88. The molecule has 18 heavy (non-hydrogen) atoms. The molecule has 1 heteroatoms. The molecule has 0 heterocycles. The van der Waals surface area contributed by atoms with Gasteiger partial charge in [-0.1, -0.05) is 57.9 Å². The van der Waals surface area contributed by atoms with Crippen molar-refractivity contribution >= 4 is 0 Å². The molecule has 0 radical (unpaired) electrons. The number of hydrogen-bond donors (Lipinski definition) is 1. The van der Waals surface area contributed by atoms with Crippen LogP contribution in [0.4, 0.5) is 0 Å². The van der Waals surface area contributed by atoms with Crippen LogP contribution >= 0.6 is 0 Å². The molecular weight excluding hydrogens is 218 g/mol. The second-order valence-electron chi connectivity index (χ2n) is 5.39. The fourth-order valence-electron chi connectivity index (χ4n) is 2.48. The molecule has 2 unspecified atom stereocenters. The van der Waals surface area contributed by atoms with Gasteiger partial charge in [0.2, 0.25) is 0 Å². The summed E-state index contributed by atoms with van der Waals surface area (Å²) < 4.78 is 0. The zero-order valence-corrected chi connectivity index (χ0v) is 12.5. The lowest BCUT2D eigenvalue weighted by molar-refractivity contribution is 0.365. The fraction of sp³-hybridized carbons (Fsp3) is 0.647. The fourth-order valence-corrected chi connectivity index (χ4v) is 2.48. The molecule has 2 atom stereocenters. The predicted molar refractivity (Wildman–Crippen MR) is 81.1 cm³/mol. The van der Waals surface area contributed by atoms with Gasteiger partial charge in [-0.2, -0.15) is 0 Å². The molecule has 102 valence electrons. The van der Waals surface area contributed by atoms with E-state index in [1.54, 1.807) is 0 Å². The molecule has 0 bridgehead atoms. The van der Waals surface area contributed by atoms with Crippen LogP contribution in [0.1, 0.15) is 51.2 Å². The van der Waals surface area contributed by atoms with E-state index in [1.807, 2.05) is 0 Å². The number of aryl methyl sites for hydroxylation is 1. The summed E-state index contributed by atoms with van der Waals surface area (Å²) in [4.78, 5) is 0. The van der Waals surface area contributed by atoms with Crippen LogP contribution in [0.5, 0.6) is 0 Å². The third-order valence-electron chi connectivity index (χ3n) is 3.96. The van der Waals surface area contributed by atoms with Crippen molar-refractivity contribution in [2.45, 2.75) is 58.9 Å². The number of hydrogen-bond acceptors (Lipinski definition) is 1. The average molecular weight is 247 g/mol. The first kappa shape index (κ1) is 15.2. The Labute approximate surface area is 113 Å². The van der Waals surface area contributed by atoms with Crippen molar-refractivity contribution in [3.05, 3.63) is 35.4 Å². The van der Waals surface area contributed by atoms with Gasteiger partial charge in [-0.15, -0.1) is 0 Å². The third kappa shape index (κ3) is 4.81. The van der Waals surface area contributed by atoms with Crippen molar-refractivity contribution in [1.29, 1.82) is 0 Å². The summed E-state index contributed by atoms with van der Waals surface area (Å²) in [7, 11) is 2.09. The van der Waals surface area contributed by atoms with E-state index in [1.165, 1.54) is 30.4 Å². The molecule has 0 saturated carbocycles. The maximum absolute atomic E-state index is 3.49. The standard InChI is InChI=1S/C17H29N/c1-5-7-8-14(3)17(18-4)13-16-11-9-15(6-2)10-12-16/h9-12,14,17-18H,5-8,13H2,1-4H3. The van der Waals surface area contributed by atoms with Crippen LogP contribution in [0.2, 0.25) is 0 Å². The van der Waals surface area contributed by atoms with Gasteiger partial charge in [0, 0.05) is 6.04 Å². The summed E-state index contributed by atoms with van der Waals surface area (Å²) >= 11 is 0. The molecule has 1 aromatic carbocycles. The van der Waals surface area contributed by atoms with E-state index in [0.717, 1.165) is 18.8 Å². The summed E-state index contributed by atoms with van der Waals surface area (Å²) in [6.45, 7) is 6.85. The Morgan fingerprint density at radius 1 is 1.06 bits per heavy atom. The molecule has 0 spiro atoms. The Bertz CT molecular complexity index is 315. The monoisotopic (exact) mass is 247 g/mol. The number of unbranched alkanes of at least 4 members (excludes halogenated alkanes) is 1. The molecule has 0 saturated heterocycles. The molecule has 1 N–H and O–H groups in total. The topological polar surface area (TPSA) is 12.0 Å². The van der Waals surface area contributed by atoms with Gasteiger partial charge in [-0.3, -0.25) is 0 Å². The molecule has 0 aliphatic rings. The molecule has 0 amide bonds. The lowest BCUT2D eigenvalue weighted by Crippen LogP contribution is -2.34. The van der Waals surface area contributed by atoms with Crippen LogP contribution in [0.15, 0.2) is 24.3 Å². The van der Waals surface area contributed by atoms with Gasteiger partial charge >= 0.3 is 0 Å². The van der Waals surface area contributed by atoms with E-state index in [0.29, 0.717) is 6.04 Å². The van der Waals surface area contributed by atoms with Gasteiger partial charge < -0.3 is 5.32 Å². The Kier molecular flexibility index (Phi) is 7.04. The van der Waals surface area contributed by atoms with Gasteiger partial charge in [-0.05, 0) is 43.4 Å². The quantitative estimate of drug-likeness (QED) is 0.726. The highest BCUT2D eigenvalue weighted by atomic mass is 14.9. The summed E-state index contributed by atoms with van der Waals surface area (Å²) in [6, 6.07) is 9.70. The number of rotatable bonds is 8. The summed E-state index contributed by atoms with van der Waals surface area (Å²) in [6.07, 6.45) is 6.24. The van der Waals surface area contributed by atoms with Crippen LogP contribution in [0.25, 0.3) is 0 Å². The largest absolute Gasteiger partial charge is 0.316 e. The predicted octanol–water partition coefficient (Wildman–Crippen LogP) is 4.21. The maximum atomic E-state index is 3.49. The van der Waals surface area contributed by atoms with Gasteiger partial charge in [0.1, 0.15) is 0 Å². The van der Waals surface area contributed by atoms with Crippen molar-refractivity contribution in [3.63, 3.8) is 0 Å². The van der Waals surface area contributed by atoms with Crippen LogP contribution in [0.3, 0.4) is 0 Å². The number of likely N-dealkylation sites (N-methyl/N-ethyl adjacent to an activating group) is 1. The number of benzene rings is 1. The van der Waals surface area contributed by atoms with Gasteiger partial charge in [0.25, 0.3) is 0 Å². The van der Waals surface area contributed by atoms with Crippen LogP contribution in [-0.4, -0.2) is 13.1 Å². The highest BCUT2D eigenvalue weighted by molar-refractivity contribution is 5.23. The van der Waals surface area contributed by atoms with Crippen molar-refractivity contribution in [2.75, 3.05) is 7.05 Å². The first-order valence-electron chi connectivity index (χ1n) is 7.46. The van der Waals surface area contributed by atoms with Crippen molar-refractivity contribution < 1.29 is 0 Å². The van der Waals surface area contributed by atoms with Crippen molar-refractivity contribution in [2.24, 2.45) is 5.92 Å². The minimum absolute atomic E-state index is 0.601. The number of nitrogens with one attached hydrogen (secondary N) is 1. The van der Waals surface area contributed by atoms with E-state index < -0.39 is 0 Å². The Hall–Kier alpha value is -0.820.